The lowest BCUT2D eigenvalue weighted by molar-refractivity contribution is 0.475. The Morgan fingerprint density at radius 3 is 2.88 bits per heavy atom. The first-order valence-corrected chi connectivity index (χ1v) is 8.80. The highest BCUT2D eigenvalue weighted by atomic mass is 15.3. The normalized spacial score (nSPS) is 17.6. The van der Waals surface area contributed by atoms with Gasteiger partial charge in [0.1, 0.15) is 29.6 Å². The molecule has 0 spiro atoms. The first-order chi connectivity index (χ1) is 12.6. The Kier molecular flexibility index (Phi) is 4.27. The van der Waals surface area contributed by atoms with Crippen molar-refractivity contribution in [2.45, 2.75) is 32.2 Å². The van der Waals surface area contributed by atoms with E-state index in [0.29, 0.717) is 18.3 Å². The standard InChI is InChI=1S/C17H23N9/c1-12-19-5-7-25(12)10-16-22-23-17(24(16)2)13-4-3-6-26(9-13)15-8-14(18)20-11-21-15/h5,7-8,11,13H,3-4,6,9-10H2,1-2H3,(H2,18,20,21). The predicted octanol–water partition coefficient (Wildman–Crippen LogP) is 1.12. The molecule has 1 aliphatic heterocycles. The summed E-state index contributed by atoms with van der Waals surface area (Å²) >= 11 is 0. The van der Waals surface area contributed by atoms with Crippen molar-refractivity contribution in [3.8, 4) is 0 Å². The monoisotopic (exact) mass is 353 g/mol. The van der Waals surface area contributed by atoms with Crippen LogP contribution in [-0.2, 0) is 13.6 Å². The molecule has 0 radical (unpaired) electrons. The third-order valence-corrected chi connectivity index (χ3v) is 5.02. The summed E-state index contributed by atoms with van der Waals surface area (Å²) in [6.45, 7) is 4.48. The maximum atomic E-state index is 5.80. The number of aromatic nitrogens is 7. The third-order valence-electron chi connectivity index (χ3n) is 5.02. The molecular formula is C17H23N9. The van der Waals surface area contributed by atoms with E-state index < -0.39 is 0 Å². The van der Waals surface area contributed by atoms with Crippen molar-refractivity contribution in [1.29, 1.82) is 0 Å². The quantitative estimate of drug-likeness (QED) is 0.749. The zero-order valence-corrected chi connectivity index (χ0v) is 15.1. The number of nitrogens with two attached hydrogens (primary N) is 1. The van der Waals surface area contributed by atoms with Crippen molar-refractivity contribution in [2.24, 2.45) is 7.05 Å². The predicted molar refractivity (Wildman–Crippen MR) is 97.7 cm³/mol. The van der Waals surface area contributed by atoms with E-state index in [1.165, 1.54) is 6.33 Å². The summed E-state index contributed by atoms with van der Waals surface area (Å²) in [6, 6.07) is 1.83. The van der Waals surface area contributed by atoms with Crippen LogP contribution in [0.5, 0.6) is 0 Å². The second-order valence-electron chi connectivity index (χ2n) is 6.72. The van der Waals surface area contributed by atoms with Gasteiger partial charge in [-0.25, -0.2) is 15.0 Å². The van der Waals surface area contributed by atoms with Crippen molar-refractivity contribution >= 4 is 11.6 Å². The largest absolute Gasteiger partial charge is 0.384 e. The number of imidazole rings is 1. The summed E-state index contributed by atoms with van der Waals surface area (Å²) in [7, 11) is 2.04. The van der Waals surface area contributed by atoms with Crippen molar-refractivity contribution in [3.63, 3.8) is 0 Å². The van der Waals surface area contributed by atoms with E-state index in [9.17, 15) is 0 Å². The van der Waals surface area contributed by atoms with Gasteiger partial charge in [0.2, 0.25) is 0 Å². The second-order valence-corrected chi connectivity index (χ2v) is 6.72. The Labute approximate surface area is 151 Å². The number of anilines is 2. The van der Waals surface area contributed by atoms with Gasteiger partial charge in [0.15, 0.2) is 5.82 Å². The van der Waals surface area contributed by atoms with Crippen LogP contribution in [0.25, 0.3) is 0 Å². The van der Waals surface area contributed by atoms with Gasteiger partial charge in [-0.1, -0.05) is 0 Å². The van der Waals surface area contributed by atoms with Crippen LogP contribution in [0.4, 0.5) is 11.6 Å². The van der Waals surface area contributed by atoms with Gasteiger partial charge in [0.05, 0.1) is 6.54 Å². The molecule has 0 saturated carbocycles. The molecule has 9 nitrogen and oxygen atoms in total. The fourth-order valence-corrected chi connectivity index (χ4v) is 3.52. The molecule has 0 amide bonds. The summed E-state index contributed by atoms with van der Waals surface area (Å²) in [4.78, 5) is 14.9. The number of aryl methyl sites for hydroxylation is 1. The van der Waals surface area contributed by atoms with Gasteiger partial charge >= 0.3 is 0 Å². The zero-order valence-electron chi connectivity index (χ0n) is 15.1. The van der Waals surface area contributed by atoms with Crippen LogP contribution in [-0.4, -0.2) is 47.4 Å². The molecule has 1 unspecified atom stereocenters. The van der Waals surface area contributed by atoms with Crippen molar-refractivity contribution in [2.75, 3.05) is 23.7 Å². The summed E-state index contributed by atoms with van der Waals surface area (Å²) < 4.78 is 4.19. The van der Waals surface area contributed by atoms with Crippen LogP contribution in [0.3, 0.4) is 0 Å². The topological polar surface area (TPSA) is 104 Å². The molecular weight excluding hydrogens is 330 g/mol. The van der Waals surface area contributed by atoms with E-state index >= 15 is 0 Å². The number of rotatable bonds is 4. The van der Waals surface area contributed by atoms with Crippen LogP contribution >= 0.6 is 0 Å². The SMILES string of the molecule is Cc1nccn1Cc1nnc(C2CCCN(c3cc(N)ncn3)C2)n1C. The third kappa shape index (κ3) is 3.12. The van der Waals surface area contributed by atoms with E-state index in [4.69, 9.17) is 5.73 Å². The molecule has 0 aliphatic carbocycles. The van der Waals surface area contributed by atoms with E-state index in [-0.39, 0.29) is 0 Å². The minimum absolute atomic E-state index is 0.315. The van der Waals surface area contributed by atoms with Crippen molar-refractivity contribution < 1.29 is 0 Å². The summed E-state index contributed by atoms with van der Waals surface area (Å²) in [6.07, 6.45) is 7.46. The Morgan fingerprint density at radius 2 is 2.12 bits per heavy atom. The molecule has 1 aliphatic rings. The first-order valence-electron chi connectivity index (χ1n) is 8.80. The smallest absolute Gasteiger partial charge is 0.152 e. The Balaban J connectivity index is 1.53. The molecule has 136 valence electrons. The van der Waals surface area contributed by atoms with Crippen LogP contribution in [0, 0.1) is 6.92 Å². The summed E-state index contributed by atoms with van der Waals surface area (Å²) in [5.74, 6) is 4.61. The highest BCUT2D eigenvalue weighted by molar-refractivity contribution is 5.46. The fraction of sp³-hybridized carbons (Fsp3) is 0.471. The Morgan fingerprint density at radius 1 is 1.23 bits per heavy atom. The van der Waals surface area contributed by atoms with Gasteiger partial charge in [0, 0.05) is 44.5 Å². The van der Waals surface area contributed by atoms with Crippen molar-refractivity contribution in [3.05, 3.63) is 42.3 Å². The zero-order chi connectivity index (χ0) is 18.1. The Hall–Kier alpha value is -2.97. The van der Waals surface area contributed by atoms with Crippen LogP contribution in [0.1, 0.15) is 36.2 Å². The Bertz CT molecular complexity index is 897. The molecule has 1 fully saturated rings. The van der Waals surface area contributed by atoms with E-state index in [1.807, 2.05) is 26.2 Å². The van der Waals surface area contributed by atoms with Gasteiger partial charge in [-0.15, -0.1) is 10.2 Å². The van der Waals surface area contributed by atoms with Gasteiger partial charge in [-0.05, 0) is 19.8 Å². The average molecular weight is 353 g/mol. The van der Waals surface area contributed by atoms with Gasteiger partial charge < -0.3 is 19.8 Å². The lowest BCUT2D eigenvalue weighted by atomic mass is 9.97. The first kappa shape index (κ1) is 16.5. The minimum Gasteiger partial charge on any atom is -0.384 e. The van der Waals surface area contributed by atoms with E-state index in [2.05, 4.69) is 39.2 Å². The van der Waals surface area contributed by atoms with Crippen LogP contribution in [0.15, 0.2) is 24.8 Å². The molecule has 3 aromatic rings. The van der Waals surface area contributed by atoms with E-state index in [1.54, 1.807) is 6.20 Å². The lowest BCUT2D eigenvalue weighted by Gasteiger charge is -2.33. The molecule has 0 aromatic carbocycles. The molecule has 4 rings (SSSR count). The lowest BCUT2D eigenvalue weighted by Crippen LogP contribution is -2.36. The summed E-state index contributed by atoms with van der Waals surface area (Å²) in [5, 5.41) is 8.91. The highest BCUT2D eigenvalue weighted by Crippen LogP contribution is 2.28. The fourth-order valence-electron chi connectivity index (χ4n) is 3.52. The van der Waals surface area contributed by atoms with Gasteiger partial charge in [-0.3, -0.25) is 0 Å². The second kappa shape index (κ2) is 6.74. The van der Waals surface area contributed by atoms with Gasteiger partial charge in [-0.2, -0.15) is 0 Å². The summed E-state index contributed by atoms with van der Waals surface area (Å²) in [5.41, 5.74) is 5.80. The number of hydrogen-bond acceptors (Lipinski definition) is 7. The average Bonchev–Trinajstić information content (AvgIpc) is 3.22. The van der Waals surface area contributed by atoms with E-state index in [0.717, 1.165) is 49.2 Å². The van der Waals surface area contributed by atoms with Crippen molar-refractivity contribution in [1.82, 2.24) is 34.3 Å². The molecule has 9 heteroatoms. The molecule has 3 aromatic heterocycles. The molecule has 26 heavy (non-hydrogen) atoms. The molecule has 1 atom stereocenters. The number of hydrogen-bond donors (Lipinski definition) is 1. The minimum atomic E-state index is 0.315. The van der Waals surface area contributed by atoms with Crippen LogP contribution in [0.2, 0.25) is 0 Å². The number of nitrogen functional groups attached to an aromatic ring is 1. The highest BCUT2D eigenvalue weighted by Gasteiger charge is 2.27. The maximum Gasteiger partial charge on any atom is 0.152 e. The number of nitrogens with zero attached hydrogens (tertiary/aromatic N) is 8. The van der Waals surface area contributed by atoms with Crippen LogP contribution < -0.4 is 10.6 Å². The molecule has 2 N–H and O–H groups in total. The molecule has 0 bridgehead atoms. The number of piperidine rings is 1. The maximum absolute atomic E-state index is 5.80. The molecule has 4 heterocycles. The molecule has 1 saturated heterocycles. The van der Waals surface area contributed by atoms with Gasteiger partial charge in [0.25, 0.3) is 0 Å².